The van der Waals surface area contributed by atoms with Crippen LogP contribution in [-0.4, -0.2) is 29.8 Å². The molecule has 1 saturated heterocycles. The van der Waals surface area contributed by atoms with Crippen LogP contribution in [0.4, 0.5) is 5.69 Å². The van der Waals surface area contributed by atoms with Gasteiger partial charge in [0.15, 0.2) is 0 Å². The highest BCUT2D eigenvalue weighted by Gasteiger charge is 2.31. The zero-order chi connectivity index (χ0) is 20.4. The first-order chi connectivity index (χ1) is 14.0. The second kappa shape index (κ2) is 8.64. The lowest BCUT2D eigenvalue weighted by Crippen LogP contribution is -2.39. The van der Waals surface area contributed by atoms with Crippen LogP contribution >= 0.6 is 23.4 Å². The van der Waals surface area contributed by atoms with Gasteiger partial charge in [0.05, 0.1) is 17.1 Å². The number of halogens is 1. The second-order valence-corrected chi connectivity index (χ2v) is 9.08. The molecule has 0 aliphatic carbocycles. The molecule has 1 unspecified atom stereocenters. The molecule has 2 heterocycles. The van der Waals surface area contributed by atoms with Crippen LogP contribution in [0.5, 0.6) is 0 Å². The Morgan fingerprint density at radius 3 is 2.76 bits per heavy atom. The minimum absolute atomic E-state index is 0.0792. The van der Waals surface area contributed by atoms with Gasteiger partial charge in [-0.05, 0) is 42.5 Å². The number of nitrogens with zero attached hydrogens (tertiary/aromatic N) is 2. The van der Waals surface area contributed by atoms with Gasteiger partial charge in [-0.25, -0.2) is 0 Å². The van der Waals surface area contributed by atoms with E-state index in [0.717, 1.165) is 42.1 Å². The van der Waals surface area contributed by atoms with Gasteiger partial charge in [0.2, 0.25) is 5.91 Å². The van der Waals surface area contributed by atoms with Gasteiger partial charge in [0.1, 0.15) is 0 Å². The molecule has 29 heavy (non-hydrogen) atoms. The Bertz CT molecular complexity index is 975. The van der Waals surface area contributed by atoms with Crippen LogP contribution in [0.3, 0.4) is 0 Å². The molecule has 2 aliphatic rings. The van der Waals surface area contributed by atoms with Crippen LogP contribution < -0.4 is 4.90 Å². The Morgan fingerprint density at radius 2 is 1.97 bits per heavy atom. The lowest BCUT2D eigenvalue weighted by atomic mass is 10.0. The normalized spacial score (nSPS) is 20.7. The van der Waals surface area contributed by atoms with Gasteiger partial charge in [-0.2, -0.15) is 0 Å². The summed E-state index contributed by atoms with van der Waals surface area (Å²) in [6, 6.07) is 15.3. The molecule has 0 radical (unpaired) electrons. The molecule has 2 amide bonds. The fraction of sp³-hybridized carbons (Fsp3) is 0.304. The molecule has 2 aliphatic heterocycles. The third-order valence-corrected chi connectivity index (χ3v) is 6.79. The average Bonchev–Trinajstić information content (AvgIpc) is 2.72. The van der Waals surface area contributed by atoms with E-state index in [-0.39, 0.29) is 11.8 Å². The van der Waals surface area contributed by atoms with E-state index in [9.17, 15) is 9.59 Å². The van der Waals surface area contributed by atoms with Crippen molar-refractivity contribution in [2.75, 3.05) is 18.0 Å². The van der Waals surface area contributed by atoms with Crippen LogP contribution in [0.15, 0.2) is 64.4 Å². The number of likely N-dealkylation sites (tertiary alicyclic amines) is 1. The number of carbonyl (C=O) groups excluding carboxylic acids is 2. The summed E-state index contributed by atoms with van der Waals surface area (Å²) in [6.45, 7) is 4.03. The summed E-state index contributed by atoms with van der Waals surface area (Å²) in [5, 5.41) is 0.625. The first-order valence-electron chi connectivity index (χ1n) is 9.85. The van der Waals surface area contributed by atoms with Gasteiger partial charge in [0.25, 0.3) is 5.91 Å². The minimum Gasteiger partial charge on any atom is -0.339 e. The molecular weight excluding hydrogens is 404 g/mol. The number of para-hydroxylation sites is 1. The van der Waals surface area contributed by atoms with Crippen molar-refractivity contribution in [2.24, 2.45) is 5.92 Å². The largest absolute Gasteiger partial charge is 0.339 e. The number of anilines is 1. The van der Waals surface area contributed by atoms with Crippen molar-refractivity contribution in [3.8, 4) is 0 Å². The van der Waals surface area contributed by atoms with Gasteiger partial charge in [0, 0.05) is 29.1 Å². The maximum absolute atomic E-state index is 13.3. The van der Waals surface area contributed by atoms with E-state index >= 15 is 0 Å². The van der Waals surface area contributed by atoms with Crippen molar-refractivity contribution in [1.29, 1.82) is 0 Å². The van der Waals surface area contributed by atoms with Crippen LogP contribution in [0.1, 0.15) is 25.3 Å². The van der Waals surface area contributed by atoms with Gasteiger partial charge in [-0.15, -0.1) is 0 Å². The molecule has 150 valence electrons. The van der Waals surface area contributed by atoms with Crippen molar-refractivity contribution in [3.05, 3.63) is 70.1 Å². The predicted octanol–water partition coefficient (Wildman–Crippen LogP) is 5.12. The number of hydrogen-bond donors (Lipinski definition) is 0. The molecule has 2 aromatic rings. The van der Waals surface area contributed by atoms with Crippen LogP contribution in [0, 0.1) is 5.92 Å². The molecule has 0 bridgehead atoms. The molecule has 1 fully saturated rings. The molecule has 4 nitrogen and oxygen atoms in total. The predicted molar refractivity (Wildman–Crippen MR) is 118 cm³/mol. The Balaban J connectivity index is 1.64. The zero-order valence-corrected chi connectivity index (χ0v) is 17.9. The van der Waals surface area contributed by atoms with Crippen LogP contribution in [-0.2, 0) is 16.1 Å². The number of piperidine rings is 1. The summed E-state index contributed by atoms with van der Waals surface area (Å²) in [7, 11) is 0. The van der Waals surface area contributed by atoms with Crippen molar-refractivity contribution in [3.63, 3.8) is 0 Å². The molecule has 0 saturated carbocycles. The third kappa shape index (κ3) is 4.36. The molecule has 0 N–H and O–H groups in total. The first-order valence-corrected chi connectivity index (χ1v) is 11.0. The summed E-state index contributed by atoms with van der Waals surface area (Å²) in [6.07, 6.45) is 3.67. The molecule has 2 aromatic carbocycles. The summed E-state index contributed by atoms with van der Waals surface area (Å²) >= 11 is 7.70. The average molecular weight is 427 g/mol. The van der Waals surface area contributed by atoms with Crippen molar-refractivity contribution < 1.29 is 9.59 Å². The van der Waals surface area contributed by atoms with E-state index in [1.807, 2.05) is 53.4 Å². The smallest absolute Gasteiger partial charge is 0.265 e. The first kappa shape index (κ1) is 20.0. The molecule has 4 rings (SSSR count). The Labute approximate surface area is 180 Å². The fourth-order valence-corrected chi connectivity index (χ4v) is 5.03. The maximum atomic E-state index is 13.3. The summed E-state index contributed by atoms with van der Waals surface area (Å²) in [5.74, 6) is 0.259. The zero-order valence-electron chi connectivity index (χ0n) is 16.3. The molecule has 0 aromatic heterocycles. The number of hydrogen-bond acceptors (Lipinski definition) is 3. The minimum atomic E-state index is -0.160. The van der Waals surface area contributed by atoms with E-state index < -0.39 is 0 Å². The standard InChI is InChI=1S/C23H23ClN2O2S/c1-16-7-6-12-25(14-16)22(27)13-21-23(28)26(15-17-8-2-3-9-18(17)24)19-10-4-5-11-20(19)29-21/h2-5,8-11,13,16H,6-7,12,14-15H2,1H3/b21-13+. The van der Waals surface area contributed by atoms with Gasteiger partial charge < -0.3 is 9.80 Å². The fourth-order valence-electron chi connectivity index (χ4n) is 3.81. The van der Waals surface area contributed by atoms with E-state index in [2.05, 4.69) is 6.92 Å². The van der Waals surface area contributed by atoms with Crippen molar-refractivity contribution in [1.82, 2.24) is 4.90 Å². The molecule has 1 atom stereocenters. The van der Waals surface area contributed by atoms with Crippen LogP contribution in [0.25, 0.3) is 0 Å². The van der Waals surface area contributed by atoms with Crippen LogP contribution in [0.2, 0.25) is 5.02 Å². The lowest BCUT2D eigenvalue weighted by molar-refractivity contribution is -0.128. The quantitative estimate of drug-likeness (QED) is 0.639. The van der Waals surface area contributed by atoms with Gasteiger partial charge >= 0.3 is 0 Å². The van der Waals surface area contributed by atoms with E-state index in [4.69, 9.17) is 11.6 Å². The second-order valence-electron chi connectivity index (χ2n) is 7.59. The highest BCUT2D eigenvalue weighted by atomic mass is 35.5. The highest BCUT2D eigenvalue weighted by Crippen LogP contribution is 2.42. The van der Waals surface area contributed by atoms with E-state index in [1.54, 1.807) is 4.90 Å². The van der Waals surface area contributed by atoms with E-state index in [1.165, 1.54) is 17.8 Å². The number of carbonyl (C=O) groups is 2. The number of amides is 2. The number of fused-ring (bicyclic) bond motifs is 1. The monoisotopic (exact) mass is 426 g/mol. The Morgan fingerprint density at radius 1 is 1.21 bits per heavy atom. The highest BCUT2D eigenvalue weighted by molar-refractivity contribution is 8.04. The SMILES string of the molecule is CC1CCCN(C(=O)/C=C2/Sc3ccccc3N(Cc3ccccc3Cl)C2=O)C1. The molecule has 6 heteroatoms. The van der Waals surface area contributed by atoms with Crippen molar-refractivity contribution in [2.45, 2.75) is 31.2 Å². The molecule has 0 spiro atoms. The Kier molecular flexibility index (Phi) is 5.97. The topological polar surface area (TPSA) is 40.6 Å². The van der Waals surface area contributed by atoms with Gasteiger partial charge in [-0.3, -0.25) is 9.59 Å². The molecular formula is C23H23ClN2O2S. The number of thioether (sulfide) groups is 1. The Hall–Kier alpha value is -2.24. The summed E-state index contributed by atoms with van der Waals surface area (Å²) in [5.41, 5.74) is 1.72. The summed E-state index contributed by atoms with van der Waals surface area (Å²) < 4.78 is 0. The lowest BCUT2D eigenvalue weighted by Gasteiger charge is -2.32. The van der Waals surface area contributed by atoms with Crippen molar-refractivity contribution >= 4 is 40.9 Å². The maximum Gasteiger partial charge on any atom is 0.265 e. The summed E-state index contributed by atoms with van der Waals surface area (Å²) in [4.78, 5) is 31.1. The van der Waals surface area contributed by atoms with Gasteiger partial charge in [-0.1, -0.05) is 60.6 Å². The third-order valence-electron chi connectivity index (χ3n) is 5.34. The number of rotatable bonds is 3. The number of benzene rings is 2. The van der Waals surface area contributed by atoms with E-state index in [0.29, 0.717) is 22.4 Å².